The van der Waals surface area contributed by atoms with E-state index < -0.39 is 57.4 Å². The second-order valence-electron chi connectivity index (χ2n) is 13.1. The topological polar surface area (TPSA) is 180 Å². The second kappa shape index (κ2) is 35.1. The number of phosphoric ester groups is 1. The molecule has 11 nitrogen and oxygen atoms in total. The lowest BCUT2D eigenvalue weighted by molar-refractivity contribution is -0.161. The Bertz CT molecular complexity index is 1140. The molecule has 5 N–H and O–H groups in total. The van der Waals surface area contributed by atoms with Crippen LogP contribution in [0.3, 0.4) is 0 Å². The van der Waals surface area contributed by atoms with Crippen molar-refractivity contribution in [3.05, 3.63) is 72.9 Å². The van der Waals surface area contributed by atoms with Crippen LogP contribution in [0.2, 0.25) is 0 Å². The lowest BCUT2D eigenvalue weighted by Gasteiger charge is -2.18. The highest BCUT2D eigenvalue weighted by Gasteiger charge is 2.23. The fraction of sp³-hybridized carbons (Fsp3) is 0.659. The summed E-state index contributed by atoms with van der Waals surface area (Å²) in [4.78, 5) is 42.8. The van der Waals surface area contributed by atoms with Crippen LogP contribution in [-0.4, -0.2) is 74.7 Å². The van der Waals surface area contributed by atoms with E-state index in [1.807, 2.05) is 19.1 Å². The number of phosphoric acid groups is 1. The molecule has 0 unspecified atom stereocenters. The fourth-order valence-electron chi connectivity index (χ4n) is 5.00. The lowest BCUT2D eigenvalue weighted by Crippen LogP contribution is -2.29. The molecule has 0 aliphatic rings. The van der Waals surface area contributed by atoms with Crippen molar-refractivity contribution in [3.8, 4) is 0 Å². The number of unbranched alkanes of at least 4 members (excludes halogenated alkanes) is 11. The van der Waals surface area contributed by atoms with Crippen LogP contribution in [0.25, 0.3) is 0 Å². The molecule has 0 bridgehead atoms. The number of hydrogen-bond acceptors (Lipinski definition) is 9. The van der Waals surface area contributed by atoms with Gasteiger partial charge in [0.05, 0.1) is 24.9 Å². The molecule has 0 aromatic heterocycles. The van der Waals surface area contributed by atoms with Gasteiger partial charge in [-0.25, -0.2) is 4.57 Å². The highest BCUT2D eigenvalue weighted by Crippen LogP contribution is 2.36. The summed E-state index contributed by atoms with van der Waals surface area (Å²) >= 11 is 0. The fourth-order valence-corrected chi connectivity index (χ4v) is 5.36. The zero-order valence-electron chi connectivity index (χ0n) is 32.2. The Hall–Kier alpha value is -2.63. The molecule has 4 atom stereocenters. The molecule has 304 valence electrons. The Balaban J connectivity index is 4.33. The van der Waals surface area contributed by atoms with Gasteiger partial charge in [0.15, 0.2) is 6.10 Å². The van der Waals surface area contributed by atoms with Gasteiger partial charge >= 0.3 is 19.8 Å². The number of esters is 2. The second-order valence-corrected chi connectivity index (χ2v) is 14.3. The molecule has 0 aliphatic carbocycles. The first-order chi connectivity index (χ1) is 25.5. The highest BCUT2D eigenvalue weighted by atomic mass is 31.2. The third-order valence-corrected chi connectivity index (χ3v) is 8.54. The lowest BCUT2D eigenvalue weighted by atomic mass is 10.1. The van der Waals surface area contributed by atoms with Gasteiger partial charge in [-0.2, -0.15) is 0 Å². The van der Waals surface area contributed by atoms with Crippen molar-refractivity contribution in [1.29, 1.82) is 0 Å². The zero-order chi connectivity index (χ0) is 39.4. The van der Waals surface area contributed by atoms with Gasteiger partial charge < -0.3 is 34.6 Å². The summed E-state index contributed by atoms with van der Waals surface area (Å²) in [6.07, 6.45) is 34.3. The molecule has 0 spiro atoms. The molecule has 0 aliphatic heterocycles. The maximum Gasteiger partial charge on any atom is 0.469 e. The SMILES string of the molecule is CC/C=C\C[C@@H](O)/C=C/C=C/C=C\C=C/[C@H](O)[C@@H](O)CCCC(=O)OC[C@H](COP(=O)(O)O)OC(=O)CCCCCCC/C=C\CCCCCCCC. The van der Waals surface area contributed by atoms with E-state index in [9.17, 15) is 29.5 Å². The molecule has 0 saturated heterocycles. The maximum atomic E-state index is 12.4. The van der Waals surface area contributed by atoms with Crippen LogP contribution in [0, 0.1) is 0 Å². The number of rotatable bonds is 34. The molecule has 12 heteroatoms. The van der Waals surface area contributed by atoms with Crippen molar-refractivity contribution in [2.24, 2.45) is 0 Å². The summed E-state index contributed by atoms with van der Waals surface area (Å²) in [5, 5.41) is 30.2. The van der Waals surface area contributed by atoms with Crippen molar-refractivity contribution >= 4 is 19.8 Å². The molecule has 0 amide bonds. The first kappa shape index (κ1) is 50.4. The standard InChI is InChI=1S/C41H69O11P/c1-3-5-7-8-9-10-11-12-13-14-15-16-17-22-26-32-41(46)52-37(35-51-53(47,48)49)34-50-40(45)33-27-31-39(44)38(43)30-25-21-19-18-20-24-29-36(42)28-23-6-4-2/h6,12-13,18-21,23-25,29-30,36-39,42-44H,3-5,7-11,14-17,22,26-28,31-35H2,1-2H3,(H2,47,48,49)/b13-12-,20-18+,21-19-,23-6-,29-24+,30-25-/t36-,37-,38+,39+/m1/s1. The number of aliphatic hydroxyl groups excluding tert-OH is 3. The van der Waals surface area contributed by atoms with Crippen molar-refractivity contribution in [2.45, 2.75) is 160 Å². The molecular formula is C41H69O11P. The molecule has 0 rings (SSSR count). The van der Waals surface area contributed by atoms with E-state index in [-0.39, 0.29) is 25.7 Å². The summed E-state index contributed by atoms with van der Waals surface area (Å²) in [5.41, 5.74) is 0. The molecule has 0 aromatic rings. The van der Waals surface area contributed by atoms with Crippen molar-refractivity contribution in [3.63, 3.8) is 0 Å². The largest absolute Gasteiger partial charge is 0.469 e. The van der Waals surface area contributed by atoms with Crippen LogP contribution in [0.4, 0.5) is 0 Å². The predicted molar refractivity (Wildman–Crippen MR) is 211 cm³/mol. The van der Waals surface area contributed by atoms with Crippen LogP contribution in [0.5, 0.6) is 0 Å². The van der Waals surface area contributed by atoms with Crippen LogP contribution < -0.4 is 0 Å². The van der Waals surface area contributed by atoms with Crippen LogP contribution in [0.1, 0.15) is 136 Å². The highest BCUT2D eigenvalue weighted by molar-refractivity contribution is 7.46. The van der Waals surface area contributed by atoms with Crippen molar-refractivity contribution in [1.82, 2.24) is 0 Å². The maximum absolute atomic E-state index is 12.4. The normalized spacial score (nSPS) is 15.1. The number of carbonyl (C=O) groups is 2. The van der Waals surface area contributed by atoms with Crippen LogP contribution >= 0.6 is 7.82 Å². The van der Waals surface area contributed by atoms with Gasteiger partial charge in [0.25, 0.3) is 0 Å². The van der Waals surface area contributed by atoms with Gasteiger partial charge in [0, 0.05) is 12.8 Å². The Morgan fingerprint density at radius 2 is 1.21 bits per heavy atom. The minimum absolute atomic E-state index is 0.0930. The quantitative estimate of drug-likeness (QED) is 0.0139. The van der Waals surface area contributed by atoms with Crippen LogP contribution in [-0.2, 0) is 28.2 Å². The van der Waals surface area contributed by atoms with E-state index in [1.165, 1.54) is 44.6 Å². The first-order valence-corrected chi connectivity index (χ1v) is 21.1. The molecule has 0 saturated carbocycles. The number of hydrogen-bond donors (Lipinski definition) is 5. The van der Waals surface area contributed by atoms with Crippen molar-refractivity contribution in [2.75, 3.05) is 13.2 Å². The Kier molecular flexibility index (Phi) is 33.4. The van der Waals surface area contributed by atoms with Gasteiger partial charge in [0.2, 0.25) is 0 Å². The monoisotopic (exact) mass is 768 g/mol. The first-order valence-electron chi connectivity index (χ1n) is 19.6. The van der Waals surface area contributed by atoms with E-state index in [1.54, 1.807) is 42.5 Å². The summed E-state index contributed by atoms with van der Waals surface area (Å²) in [6.45, 7) is 3.17. The average molecular weight is 769 g/mol. The van der Waals surface area contributed by atoms with E-state index in [0.29, 0.717) is 12.8 Å². The zero-order valence-corrected chi connectivity index (χ0v) is 33.1. The van der Waals surface area contributed by atoms with Gasteiger partial charge in [-0.3, -0.25) is 14.1 Å². The van der Waals surface area contributed by atoms with E-state index >= 15 is 0 Å². The molecule has 0 aromatic carbocycles. The third kappa shape index (κ3) is 36.1. The minimum Gasteiger partial charge on any atom is -0.462 e. The van der Waals surface area contributed by atoms with Gasteiger partial charge in [0.1, 0.15) is 6.61 Å². The van der Waals surface area contributed by atoms with Gasteiger partial charge in [-0.15, -0.1) is 0 Å². The summed E-state index contributed by atoms with van der Waals surface area (Å²) in [5.74, 6) is -1.23. The minimum atomic E-state index is -4.84. The van der Waals surface area contributed by atoms with Gasteiger partial charge in [-0.05, 0) is 57.8 Å². The van der Waals surface area contributed by atoms with E-state index in [4.69, 9.17) is 19.3 Å². The van der Waals surface area contributed by atoms with E-state index in [0.717, 1.165) is 44.9 Å². The summed E-state index contributed by atoms with van der Waals surface area (Å²) in [7, 11) is -4.84. The Morgan fingerprint density at radius 3 is 1.83 bits per heavy atom. The molecule has 0 radical (unpaired) electrons. The Morgan fingerprint density at radius 1 is 0.642 bits per heavy atom. The number of carbonyl (C=O) groups excluding carboxylic acids is 2. The molecular weight excluding hydrogens is 699 g/mol. The summed E-state index contributed by atoms with van der Waals surface area (Å²) < 4.78 is 26.1. The smallest absolute Gasteiger partial charge is 0.462 e. The summed E-state index contributed by atoms with van der Waals surface area (Å²) in [6, 6.07) is 0. The predicted octanol–water partition coefficient (Wildman–Crippen LogP) is 8.42. The van der Waals surface area contributed by atoms with Crippen LogP contribution in [0.15, 0.2) is 72.9 Å². The number of aliphatic hydroxyl groups is 3. The molecule has 0 heterocycles. The van der Waals surface area contributed by atoms with Gasteiger partial charge in [-0.1, -0.05) is 138 Å². The van der Waals surface area contributed by atoms with Crippen molar-refractivity contribution < 1.29 is 53.3 Å². The van der Waals surface area contributed by atoms with E-state index in [2.05, 4.69) is 23.6 Å². The molecule has 53 heavy (non-hydrogen) atoms. The Labute approximate surface area is 318 Å². The number of allylic oxidation sites excluding steroid dienone is 9. The third-order valence-electron chi connectivity index (χ3n) is 8.05. The average Bonchev–Trinajstić information content (AvgIpc) is 3.11. The number of ether oxygens (including phenoxy) is 2. The molecule has 0 fully saturated rings.